The first-order chi connectivity index (χ1) is 9.42. The molecule has 92 valence electrons. The van der Waals surface area contributed by atoms with Crippen LogP contribution in [0.3, 0.4) is 0 Å². The zero-order chi connectivity index (χ0) is 12.9. The van der Waals surface area contributed by atoms with Gasteiger partial charge in [-0.15, -0.1) is 10.2 Å². The quantitative estimate of drug-likeness (QED) is 0.705. The second-order valence-electron chi connectivity index (χ2n) is 4.04. The SMILES string of the molecule is c1ccc(Sc2ccc(-c3ccccc3)nn2)cc1. The fraction of sp³-hybridized carbons (Fsp3) is 0. The molecule has 2 aromatic carbocycles. The molecule has 0 bridgehead atoms. The summed E-state index contributed by atoms with van der Waals surface area (Å²) in [5, 5.41) is 9.45. The number of nitrogens with zero attached hydrogens (tertiary/aromatic N) is 2. The van der Waals surface area contributed by atoms with Crippen LogP contribution in [0.4, 0.5) is 0 Å². The third-order valence-corrected chi connectivity index (χ3v) is 3.61. The van der Waals surface area contributed by atoms with E-state index in [0.29, 0.717) is 0 Å². The molecule has 1 aromatic heterocycles. The Hall–Kier alpha value is -2.13. The second kappa shape index (κ2) is 5.67. The van der Waals surface area contributed by atoms with Crippen molar-refractivity contribution in [2.75, 3.05) is 0 Å². The highest BCUT2D eigenvalue weighted by atomic mass is 32.2. The minimum absolute atomic E-state index is 0.901. The van der Waals surface area contributed by atoms with E-state index in [9.17, 15) is 0 Å². The summed E-state index contributed by atoms with van der Waals surface area (Å²) >= 11 is 1.62. The van der Waals surface area contributed by atoms with Crippen LogP contribution in [0.25, 0.3) is 11.3 Å². The van der Waals surface area contributed by atoms with E-state index >= 15 is 0 Å². The molecule has 0 aliphatic rings. The van der Waals surface area contributed by atoms with Crippen LogP contribution in [0.1, 0.15) is 0 Å². The predicted molar refractivity (Wildman–Crippen MR) is 78.0 cm³/mol. The summed E-state index contributed by atoms with van der Waals surface area (Å²) in [7, 11) is 0. The maximum absolute atomic E-state index is 4.27. The number of aromatic nitrogens is 2. The molecule has 3 rings (SSSR count). The summed E-state index contributed by atoms with van der Waals surface area (Å²) in [4.78, 5) is 1.17. The Morgan fingerprint density at radius 2 is 1.32 bits per heavy atom. The third kappa shape index (κ3) is 3.01. The van der Waals surface area contributed by atoms with Crippen LogP contribution in [-0.2, 0) is 0 Å². The fourth-order valence-electron chi connectivity index (χ4n) is 1.75. The molecule has 0 amide bonds. The van der Waals surface area contributed by atoms with Gasteiger partial charge in [0.25, 0.3) is 0 Å². The summed E-state index contributed by atoms with van der Waals surface area (Å²) < 4.78 is 0. The maximum atomic E-state index is 4.27. The number of rotatable bonds is 3. The number of hydrogen-bond donors (Lipinski definition) is 0. The van der Waals surface area contributed by atoms with Crippen LogP contribution in [0.15, 0.2) is 82.7 Å². The van der Waals surface area contributed by atoms with Gasteiger partial charge in [0.15, 0.2) is 0 Å². The van der Waals surface area contributed by atoms with Gasteiger partial charge in [0.05, 0.1) is 5.69 Å². The van der Waals surface area contributed by atoms with Crippen molar-refractivity contribution in [1.29, 1.82) is 0 Å². The minimum atomic E-state index is 0.901. The van der Waals surface area contributed by atoms with Crippen molar-refractivity contribution in [3.8, 4) is 11.3 Å². The van der Waals surface area contributed by atoms with Gasteiger partial charge in [-0.05, 0) is 24.3 Å². The van der Waals surface area contributed by atoms with Gasteiger partial charge in [-0.2, -0.15) is 0 Å². The van der Waals surface area contributed by atoms with Gasteiger partial charge in [-0.1, -0.05) is 60.3 Å². The Kier molecular flexibility index (Phi) is 3.56. The lowest BCUT2D eigenvalue weighted by atomic mass is 10.1. The molecule has 0 spiro atoms. The summed E-state index contributed by atoms with van der Waals surface area (Å²) in [6, 6.07) is 24.3. The first-order valence-corrected chi connectivity index (χ1v) is 6.85. The fourth-order valence-corrected chi connectivity index (χ4v) is 2.50. The van der Waals surface area contributed by atoms with Crippen molar-refractivity contribution in [2.24, 2.45) is 0 Å². The first kappa shape index (κ1) is 11.9. The Morgan fingerprint density at radius 1 is 0.632 bits per heavy atom. The van der Waals surface area contributed by atoms with Gasteiger partial charge in [0, 0.05) is 10.5 Å². The molecule has 0 fully saturated rings. The van der Waals surface area contributed by atoms with Crippen LogP contribution in [0.5, 0.6) is 0 Å². The van der Waals surface area contributed by atoms with Gasteiger partial charge >= 0.3 is 0 Å². The zero-order valence-corrected chi connectivity index (χ0v) is 11.0. The Balaban J connectivity index is 1.80. The van der Waals surface area contributed by atoms with Crippen molar-refractivity contribution in [3.63, 3.8) is 0 Å². The third-order valence-electron chi connectivity index (χ3n) is 2.68. The topological polar surface area (TPSA) is 25.8 Å². The van der Waals surface area contributed by atoms with Gasteiger partial charge in [0.1, 0.15) is 5.03 Å². The summed E-state index contributed by atoms with van der Waals surface area (Å²) in [5.74, 6) is 0. The zero-order valence-electron chi connectivity index (χ0n) is 10.2. The summed E-state index contributed by atoms with van der Waals surface area (Å²) in [6.45, 7) is 0. The highest BCUT2D eigenvalue weighted by Crippen LogP contribution is 2.26. The molecule has 0 saturated carbocycles. The van der Waals surface area contributed by atoms with Crippen molar-refractivity contribution < 1.29 is 0 Å². The van der Waals surface area contributed by atoms with E-state index in [0.717, 1.165) is 16.3 Å². The number of benzene rings is 2. The minimum Gasteiger partial charge on any atom is -0.149 e. The maximum Gasteiger partial charge on any atom is 0.124 e. The molecule has 0 atom stereocenters. The molecule has 0 saturated heterocycles. The highest BCUT2D eigenvalue weighted by Gasteiger charge is 2.02. The molecule has 0 N–H and O–H groups in total. The monoisotopic (exact) mass is 264 g/mol. The van der Waals surface area contributed by atoms with E-state index in [2.05, 4.69) is 22.3 Å². The standard InChI is InChI=1S/C16H12N2S/c1-3-7-13(8-4-1)15-11-12-16(18-17-15)19-14-9-5-2-6-10-14/h1-12H. The summed E-state index contributed by atoms with van der Waals surface area (Å²) in [6.07, 6.45) is 0. The Morgan fingerprint density at radius 3 is 1.95 bits per heavy atom. The molecule has 1 heterocycles. The lowest BCUT2D eigenvalue weighted by molar-refractivity contribution is 0.936. The van der Waals surface area contributed by atoms with Crippen LogP contribution in [0, 0.1) is 0 Å². The van der Waals surface area contributed by atoms with E-state index in [1.165, 1.54) is 4.90 Å². The average Bonchev–Trinajstić information content (AvgIpc) is 2.50. The van der Waals surface area contributed by atoms with Gasteiger partial charge in [-0.3, -0.25) is 0 Å². The van der Waals surface area contributed by atoms with E-state index in [4.69, 9.17) is 0 Å². The van der Waals surface area contributed by atoms with Crippen LogP contribution in [0.2, 0.25) is 0 Å². The largest absolute Gasteiger partial charge is 0.149 e. The second-order valence-corrected chi connectivity index (χ2v) is 5.13. The summed E-state index contributed by atoms with van der Waals surface area (Å²) in [5.41, 5.74) is 1.99. The van der Waals surface area contributed by atoms with E-state index in [-0.39, 0.29) is 0 Å². The molecule has 3 aromatic rings. The van der Waals surface area contributed by atoms with Crippen molar-refractivity contribution >= 4 is 11.8 Å². The van der Waals surface area contributed by atoms with Crippen LogP contribution < -0.4 is 0 Å². The lowest BCUT2D eigenvalue weighted by Gasteiger charge is -2.02. The van der Waals surface area contributed by atoms with E-state index in [1.807, 2.05) is 60.7 Å². The van der Waals surface area contributed by atoms with Crippen molar-refractivity contribution in [1.82, 2.24) is 10.2 Å². The normalized spacial score (nSPS) is 10.3. The van der Waals surface area contributed by atoms with E-state index < -0.39 is 0 Å². The number of hydrogen-bond acceptors (Lipinski definition) is 3. The van der Waals surface area contributed by atoms with Gasteiger partial charge in [-0.25, -0.2) is 0 Å². The predicted octanol–water partition coefficient (Wildman–Crippen LogP) is 4.29. The first-order valence-electron chi connectivity index (χ1n) is 6.04. The molecule has 0 aliphatic heterocycles. The van der Waals surface area contributed by atoms with Crippen LogP contribution >= 0.6 is 11.8 Å². The molecule has 0 radical (unpaired) electrons. The van der Waals surface area contributed by atoms with E-state index in [1.54, 1.807) is 11.8 Å². The molecule has 0 aliphatic carbocycles. The van der Waals surface area contributed by atoms with Crippen LogP contribution in [-0.4, -0.2) is 10.2 Å². The molecular weight excluding hydrogens is 252 g/mol. The molecule has 19 heavy (non-hydrogen) atoms. The molecule has 3 heteroatoms. The van der Waals surface area contributed by atoms with Gasteiger partial charge in [0.2, 0.25) is 0 Å². The highest BCUT2D eigenvalue weighted by molar-refractivity contribution is 7.99. The van der Waals surface area contributed by atoms with Crippen molar-refractivity contribution in [3.05, 3.63) is 72.8 Å². The Bertz CT molecular complexity index is 637. The Labute approximate surface area is 116 Å². The van der Waals surface area contributed by atoms with Crippen molar-refractivity contribution in [2.45, 2.75) is 9.92 Å². The average molecular weight is 264 g/mol. The molecular formula is C16H12N2S. The molecule has 0 unspecified atom stereocenters. The van der Waals surface area contributed by atoms with Gasteiger partial charge < -0.3 is 0 Å². The lowest BCUT2D eigenvalue weighted by Crippen LogP contribution is -1.88. The molecule has 2 nitrogen and oxygen atoms in total. The smallest absolute Gasteiger partial charge is 0.124 e.